The Bertz CT molecular complexity index is 1450. The lowest BCUT2D eigenvalue weighted by Crippen LogP contribution is -2.32. The van der Waals surface area contributed by atoms with Crippen LogP contribution in [0.5, 0.6) is 0 Å². The van der Waals surface area contributed by atoms with Gasteiger partial charge in [0.25, 0.3) is 0 Å². The molecule has 3 amide bonds. The molecule has 0 bridgehead atoms. The number of hydrogen-bond acceptors (Lipinski definition) is 8. The summed E-state index contributed by atoms with van der Waals surface area (Å²) in [6, 6.07) is 15.2. The summed E-state index contributed by atoms with van der Waals surface area (Å²) in [5.74, 6) is -0.216. The van der Waals surface area contributed by atoms with Crippen molar-refractivity contribution >= 4 is 29.2 Å². The predicted molar refractivity (Wildman–Crippen MR) is 164 cm³/mol. The molecule has 1 aromatic heterocycles. The summed E-state index contributed by atoms with van der Waals surface area (Å²) in [6.45, 7) is 3.43. The van der Waals surface area contributed by atoms with Crippen molar-refractivity contribution < 1.29 is 28.8 Å². The maximum Gasteiger partial charge on any atom is 0.227 e. The molecule has 0 unspecified atom stereocenters. The van der Waals surface area contributed by atoms with Gasteiger partial charge in [0.05, 0.1) is 31.9 Å². The molecule has 12 nitrogen and oxygen atoms in total. The summed E-state index contributed by atoms with van der Waals surface area (Å²) in [6.07, 6.45) is 2.62. The van der Waals surface area contributed by atoms with Gasteiger partial charge in [0.2, 0.25) is 17.7 Å². The number of hydrogen-bond donors (Lipinski definition) is 2. The van der Waals surface area contributed by atoms with Crippen molar-refractivity contribution in [3.8, 4) is 22.5 Å². The first-order valence-corrected chi connectivity index (χ1v) is 15.1. The Morgan fingerprint density at radius 2 is 1.64 bits per heavy atom. The number of nitrogens with zero attached hydrogens (tertiary/aromatic N) is 4. The Kier molecular flexibility index (Phi) is 12.0. The Morgan fingerprint density at radius 1 is 0.864 bits per heavy atom. The van der Waals surface area contributed by atoms with Gasteiger partial charge in [-0.25, -0.2) is 0 Å². The summed E-state index contributed by atoms with van der Waals surface area (Å²) in [4.78, 5) is 58.2. The number of amides is 3. The van der Waals surface area contributed by atoms with E-state index < -0.39 is 0 Å². The summed E-state index contributed by atoms with van der Waals surface area (Å²) in [7, 11) is 1.57. The van der Waals surface area contributed by atoms with E-state index >= 15 is 0 Å². The molecule has 0 atom stereocenters. The first-order chi connectivity index (χ1) is 21.4. The number of Topliss-reactive ketones (excluding diaryl/α,β-unsaturated/α-hetero) is 1. The quantitative estimate of drug-likeness (QED) is 0.237. The van der Waals surface area contributed by atoms with Crippen molar-refractivity contribution in [2.45, 2.75) is 58.4 Å². The normalized spacial score (nSPS) is 11.8. The second kappa shape index (κ2) is 16.3. The number of benzene rings is 2. The number of ketones is 1. The minimum atomic E-state index is -0.146. The second-order valence-corrected chi connectivity index (χ2v) is 10.4. The Hall–Kier alpha value is -4.58. The van der Waals surface area contributed by atoms with Crippen LogP contribution < -0.4 is 20.4 Å². The zero-order valence-corrected chi connectivity index (χ0v) is 25.3. The maximum absolute atomic E-state index is 13.7. The highest BCUT2D eigenvalue weighted by Crippen LogP contribution is 2.40. The third-order valence-corrected chi connectivity index (χ3v) is 7.23. The number of carbonyl (C=O) groups is 4. The first-order valence-electron chi connectivity index (χ1n) is 15.1. The molecular weight excluding hydrogens is 564 g/mol. The lowest BCUT2D eigenvalue weighted by molar-refractivity contribution is -0.123. The molecule has 0 aliphatic carbocycles. The molecule has 0 fully saturated rings. The minimum Gasteiger partial charge on any atom is -0.394 e. The van der Waals surface area contributed by atoms with Gasteiger partial charge < -0.3 is 25.1 Å². The van der Waals surface area contributed by atoms with E-state index in [2.05, 4.69) is 20.9 Å². The van der Waals surface area contributed by atoms with Crippen LogP contribution in [-0.4, -0.2) is 72.1 Å². The average molecular weight is 605 g/mol. The van der Waals surface area contributed by atoms with Crippen LogP contribution in [0.3, 0.4) is 0 Å². The fourth-order valence-corrected chi connectivity index (χ4v) is 4.96. The average Bonchev–Trinajstić information content (AvgIpc) is 3.43. The monoisotopic (exact) mass is 604 g/mol. The van der Waals surface area contributed by atoms with Crippen LogP contribution in [0.15, 0.2) is 48.5 Å². The number of fused-ring (bicyclic) bond motifs is 5. The van der Waals surface area contributed by atoms with Crippen molar-refractivity contribution in [1.82, 2.24) is 25.8 Å². The number of ether oxygens (including phenoxy) is 1. The van der Waals surface area contributed by atoms with E-state index in [1.165, 1.54) is 4.85 Å². The molecule has 2 aromatic carbocycles. The van der Waals surface area contributed by atoms with Crippen LogP contribution >= 0.6 is 0 Å². The van der Waals surface area contributed by atoms with E-state index in [0.717, 1.165) is 23.1 Å². The SMILES string of the molecule is CCCC(=O)NCCOCCC(=O)CCCC(=O)N1Cc2ccccc2-c2c(nnn2OCCC(=O)NC)-c2ccccc21. The van der Waals surface area contributed by atoms with Crippen molar-refractivity contribution in [3.63, 3.8) is 0 Å². The molecule has 12 heteroatoms. The molecule has 4 rings (SSSR count). The zero-order valence-electron chi connectivity index (χ0n) is 25.3. The third kappa shape index (κ3) is 8.50. The topological polar surface area (TPSA) is 145 Å². The Balaban J connectivity index is 1.41. The largest absolute Gasteiger partial charge is 0.394 e. The Labute approximate surface area is 257 Å². The molecule has 0 radical (unpaired) electrons. The Morgan fingerprint density at radius 3 is 2.43 bits per heavy atom. The molecular formula is C32H40N6O6. The maximum atomic E-state index is 13.7. The number of anilines is 1. The third-order valence-electron chi connectivity index (χ3n) is 7.23. The molecule has 44 heavy (non-hydrogen) atoms. The standard InChI is InChI=1S/C32H40N6O6/c1-3-9-29(41)34-18-21-43-19-16-24(39)11-8-15-30(42)37-22-23-10-4-5-12-25(23)32-31(26-13-6-7-14-27(26)37)35-36-38(32)44-20-17-28(40)33-2/h4-7,10,12-14H,3,8-9,11,15-22H2,1-2H3,(H,33,40)(H,34,41). The lowest BCUT2D eigenvalue weighted by atomic mass is 9.95. The van der Waals surface area contributed by atoms with Crippen LogP contribution in [0.25, 0.3) is 22.5 Å². The van der Waals surface area contributed by atoms with Gasteiger partial charge in [-0.1, -0.05) is 54.2 Å². The number of carbonyl (C=O) groups excluding carboxylic acids is 4. The fourth-order valence-electron chi connectivity index (χ4n) is 4.96. The molecule has 1 aliphatic heterocycles. The molecule has 0 saturated heterocycles. The van der Waals surface area contributed by atoms with Crippen molar-refractivity contribution in [2.75, 3.05) is 38.3 Å². The minimum absolute atomic E-state index is 0.00159. The molecule has 234 valence electrons. The van der Waals surface area contributed by atoms with E-state index in [0.29, 0.717) is 49.6 Å². The fraction of sp³-hybridized carbons (Fsp3) is 0.438. The van der Waals surface area contributed by atoms with E-state index in [9.17, 15) is 19.2 Å². The van der Waals surface area contributed by atoms with E-state index in [-0.39, 0.29) is 62.4 Å². The summed E-state index contributed by atoms with van der Waals surface area (Å²) in [5.41, 5.74) is 4.33. The van der Waals surface area contributed by atoms with Gasteiger partial charge in [0.15, 0.2) is 0 Å². The van der Waals surface area contributed by atoms with Crippen LogP contribution in [0.2, 0.25) is 0 Å². The van der Waals surface area contributed by atoms with Gasteiger partial charge >= 0.3 is 0 Å². The van der Waals surface area contributed by atoms with E-state index in [4.69, 9.17) is 9.57 Å². The summed E-state index contributed by atoms with van der Waals surface area (Å²) < 4.78 is 5.47. The molecule has 1 aliphatic rings. The van der Waals surface area contributed by atoms with Crippen LogP contribution in [0.1, 0.15) is 57.4 Å². The molecule has 2 N–H and O–H groups in total. The highest BCUT2D eigenvalue weighted by atomic mass is 16.7. The van der Waals surface area contributed by atoms with Crippen molar-refractivity contribution in [1.29, 1.82) is 0 Å². The van der Waals surface area contributed by atoms with Crippen LogP contribution in [0.4, 0.5) is 5.69 Å². The lowest BCUT2D eigenvalue weighted by Gasteiger charge is -2.28. The first kappa shape index (κ1) is 32.3. The van der Waals surface area contributed by atoms with Crippen molar-refractivity contribution in [2.24, 2.45) is 0 Å². The van der Waals surface area contributed by atoms with E-state index in [1.54, 1.807) is 11.9 Å². The number of nitrogens with one attached hydrogen (secondary N) is 2. The summed E-state index contributed by atoms with van der Waals surface area (Å²) >= 11 is 0. The van der Waals surface area contributed by atoms with Gasteiger partial charge in [0, 0.05) is 50.4 Å². The summed E-state index contributed by atoms with van der Waals surface area (Å²) in [5, 5.41) is 14.0. The van der Waals surface area contributed by atoms with Crippen molar-refractivity contribution in [3.05, 3.63) is 54.1 Å². The second-order valence-electron chi connectivity index (χ2n) is 10.4. The van der Waals surface area contributed by atoms with Gasteiger partial charge in [-0.3, -0.25) is 19.2 Å². The van der Waals surface area contributed by atoms with Gasteiger partial charge in [-0.15, -0.1) is 5.10 Å². The van der Waals surface area contributed by atoms with Crippen LogP contribution in [0, 0.1) is 0 Å². The molecule has 2 heterocycles. The predicted octanol–water partition coefficient (Wildman–Crippen LogP) is 3.09. The highest BCUT2D eigenvalue weighted by molar-refractivity contribution is 6.00. The van der Waals surface area contributed by atoms with Gasteiger partial charge in [-0.05, 0) is 29.7 Å². The zero-order chi connectivity index (χ0) is 31.3. The number of aromatic nitrogens is 3. The molecule has 3 aromatic rings. The van der Waals surface area contributed by atoms with Gasteiger partial charge in [-0.2, -0.15) is 0 Å². The van der Waals surface area contributed by atoms with E-state index in [1.807, 2.05) is 55.5 Å². The number of para-hydroxylation sites is 1. The highest BCUT2D eigenvalue weighted by Gasteiger charge is 2.29. The van der Waals surface area contributed by atoms with Gasteiger partial charge in [0.1, 0.15) is 23.8 Å². The molecule has 0 spiro atoms. The smallest absolute Gasteiger partial charge is 0.227 e. The molecule has 0 saturated carbocycles. The van der Waals surface area contributed by atoms with Crippen LogP contribution in [-0.2, 0) is 30.5 Å². The number of rotatable bonds is 16.